The van der Waals surface area contributed by atoms with Gasteiger partial charge in [0.15, 0.2) is 0 Å². The molecule has 1 N–H and O–H groups in total. The molecule has 0 spiro atoms. The lowest BCUT2D eigenvalue weighted by Crippen LogP contribution is -2.67. The van der Waals surface area contributed by atoms with Crippen LogP contribution in [0.2, 0.25) is 15.1 Å². The van der Waals surface area contributed by atoms with Crippen LogP contribution in [0.3, 0.4) is 0 Å². The molecule has 4 aromatic carbocycles. The summed E-state index contributed by atoms with van der Waals surface area (Å²) in [6.45, 7) is 8.08. The molecule has 6 rings (SSSR count). The first-order valence-electron chi connectivity index (χ1n) is 16.8. The Morgan fingerprint density at radius 1 is 0.809 bits per heavy atom. The third kappa shape index (κ3) is 6.91. The van der Waals surface area contributed by atoms with Crippen molar-refractivity contribution < 1.29 is 14.0 Å². The number of hydrogen-bond donors (Lipinski definition) is 1. The number of hydrogen-bond acceptors (Lipinski definition) is 3. The molecule has 47 heavy (non-hydrogen) atoms. The lowest BCUT2D eigenvalue weighted by atomic mass is 9.64. The standard InChI is InChI=1S/C40H45Cl2NO3Si/c1-39(2,3)47(33-15-9-5-10-16-33,34-17-11-6-12-18-34)46-31-21-19-30(20-22-31)40(23-24-43-38(40)44)27-35-36(41)25-32(26-37(35)42)45-28-29-13-7-4-8-14-29/h4-18,25-26,30-31H,19-24,27-28H2,1-3H3,(H,43,44). The van der Waals surface area contributed by atoms with Crippen LogP contribution in [-0.2, 0) is 22.2 Å². The summed E-state index contributed by atoms with van der Waals surface area (Å²) in [6.07, 6.45) is 5.08. The van der Waals surface area contributed by atoms with Gasteiger partial charge in [-0.15, -0.1) is 0 Å². The van der Waals surface area contributed by atoms with Crippen molar-refractivity contribution in [3.8, 4) is 5.75 Å². The largest absolute Gasteiger partial charge is 0.489 e. The number of rotatable bonds is 10. The van der Waals surface area contributed by atoms with Gasteiger partial charge in [-0.2, -0.15) is 0 Å². The van der Waals surface area contributed by atoms with Crippen molar-refractivity contribution in [1.82, 2.24) is 5.32 Å². The van der Waals surface area contributed by atoms with Crippen LogP contribution in [0.1, 0.15) is 64.0 Å². The number of amides is 1. The van der Waals surface area contributed by atoms with E-state index in [-0.39, 0.29) is 23.0 Å². The Labute approximate surface area is 290 Å². The minimum absolute atomic E-state index is 0.0798. The highest BCUT2D eigenvalue weighted by atomic mass is 35.5. The molecule has 0 radical (unpaired) electrons. The number of carbonyl (C=O) groups is 1. The zero-order valence-electron chi connectivity index (χ0n) is 27.6. The van der Waals surface area contributed by atoms with Crippen molar-refractivity contribution in [3.05, 3.63) is 124 Å². The second-order valence-electron chi connectivity index (χ2n) is 14.2. The van der Waals surface area contributed by atoms with E-state index in [1.807, 2.05) is 42.5 Å². The molecule has 1 aliphatic heterocycles. The van der Waals surface area contributed by atoms with Crippen LogP contribution in [0, 0.1) is 11.3 Å². The number of carbonyl (C=O) groups excluding carboxylic acids is 1. The van der Waals surface area contributed by atoms with Crippen molar-refractivity contribution >= 4 is 47.8 Å². The Bertz CT molecular complexity index is 1590. The van der Waals surface area contributed by atoms with Crippen LogP contribution < -0.4 is 20.4 Å². The van der Waals surface area contributed by atoms with E-state index in [0.29, 0.717) is 35.4 Å². The van der Waals surface area contributed by atoms with Crippen LogP contribution in [0.25, 0.3) is 0 Å². The third-order valence-corrected chi connectivity index (χ3v) is 16.1. The normalized spacial score (nSPS) is 21.8. The molecule has 1 saturated heterocycles. The summed E-state index contributed by atoms with van der Waals surface area (Å²) in [5, 5.41) is 6.76. The fraction of sp³-hybridized carbons (Fsp3) is 0.375. The van der Waals surface area contributed by atoms with Gasteiger partial charge >= 0.3 is 0 Å². The van der Waals surface area contributed by atoms with Crippen molar-refractivity contribution in [2.45, 2.75) is 77.0 Å². The fourth-order valence-electron chi connectivity index (χ4n) is 7.95. The highest BCUT2D eigenvalue weighted by molar-refractivity contribution is 6.99. The second-order valence-corrected chi connectivity index (χ2v) is 19.3. The lowest BCUT2D eigenvalue weighted by Gasteiger charge is -2.47. The van der Waals surface area contributed by atoms with Gasteiger partial charge in [0.25, 0.3) is 8.32 Å². The van der Waals surface area contributed by atoms with Crippen molar-refractivity contribution in [2.24, 2.45) is 11.3 Å². The quantitative estimate of drug-likeness (QED) is 0.170. The van der Waals surface area contributed by atoms with Gasteiger partial charge in [0.05, 0.1) is 5.41 Å². The van der Waals surface area contributed by atoms with Gasteiger partial charge in [0.1, 0.15) is 12.4 Å². The van der Waals surface area contributed by atoms with Gasteiger partial charge < -0.3 is 14.5 Å². The number of ether oxygens (including phenoxy) is 1. The summed E-state index contributed by atoms with van der Waals surface area (Å²) < 4.78 is 13.5. The molecular weight excluding hydrogens is 641 g/mol. The molecule has 0 bridgehead atoms. The van der Waals surface area contributed by atoms with Gasteiger partial charge in [-0.3, -0.25) is 4.79 Å². The molecule has 1 aliphatic carbocycles. The molecule has 2 aliphatic rings. The van der Waals surface area contributed by atoms with Gasteiger partial charge in [-0.25, -0.2) is 0 Å². The molecule has 2 fully saturated rings. The van der Waals surface area contributed by atoms with Crippen LogP contribution in [0.15, 0.2) is 103 Å². The Hall–Kier alpha value is -3.09. The van der Waals surface area contributed by atoms with E-state index in [9.17, 15) is 4.79 Å². The molecule has 7 heteroatoms. The maximum absolute atomic E-state index is 13.7. The summed E-state index contributed by atoms with van der Waals surface area (Å²) in [6, 6.07) is 35.4. The monoisotopic (exact) mass is 685 g/mol. The summed E-state index contributed by atoms with van der Waals surface area (Å²) in [5.74, 6) is 0.953. The summed E-state index contributed by atoms with van der Waals surface area (Å²) in [5.41, 5.74) is 1.34. The van der Waals surface area contributed by atoms with E-state index in [2.05, 4.69) is 86.8 Å². The summed E-state index contributed by atoms with van der Waals surface area (Å²) in [7, 11) is -2.66. The van der Waals surface area contributed by atoms with E-state index < -0.39 is 13.7 Å². The van der Waals surface area contributed by atoms with Crippen LogP contribution in [-0.4, -0.2) is 26.9 Å². The first kappa shape index (κ1) is 33.8. The average Bonchev–Trinajstić information content (AvgIpc) is 3.45. The SMILES string of the molecule is CC(C)(C)[Si](OC1CCC(C2(Cc3c(Cl)cc(OCc4ccccc4)cc3Cl)CCNC2=O)CC1)(c1ccccc1)c1ccccc1. The van der Waals surface area contributed by atoms with E-state index in [1.54, 1.807) is 0 Å². The second kappa shape index (κ2) is 14.2. The predicted octanol–water partition coefficient (Wildman–Crippen LogP) is 8.76. The van der Waals surface area contributed by atoms with Crippen LogP contribution in [0.4, 0.5) is 0 Å². The molecule has 0 aromatic heterocycles. The maximum Gasteiger partial charge on any atom is 0.261 e. The van der Waals surface area contributed by atoms with Gasteiger partial charge in [-0.05, 0) is 83.1 Å². The van der Waals surface area contributed by atoms with Crippen LogP contribution >= 0.6 is 23.2 Å². The average molecular weight is 687 g/mol. The lowest BCUT2D eigenvalue weighted by molar-refractivity contribution is -0.131. The number of benzene rings is 4. The maximum atomic E-state index is 13.7. The minimum atomic E-state index is -2.66. The zero-order chi connectivity index (χ0) is 33.1. The van der Waals surface area contributed by atoms with E-state index >= 15 is 0 Å². The van der Waals surface area contributed by atoms with Crippen molar-refractivity contribution in [3.63, 3.8) is 0 Å². The highest BCUT2D eigenvalue weighted by Crippen LogP contribution is 2.49. The first-order chi connectivity index (χ1) is 22.6. The Kier molecular flexibility index (Phi) is 10.2. The topological polar surface area (TPSA) is 47.6 Å². The molecular formula is C40H45Cl2NO3Si. The smallest absolute Gasteiger partial charge is 0.261 e. The summed E-state index contributed by atoms with van der Waals surface area (Å²) in [4.78, 5) is 13.7. The Morgan fingerprint density at radius 2 is 1.34 bits per heavy atom. The van der Waals surface area contributed by atoms with Crippen LogP contribution in [0.5, 0.6) is 5.75 Å². The van der Waals surface area contributed by atoms with Gasteiger partial charge in [-0.1, -0.05) is 135 Å². The molecule has 1 heterocycles. The molecule has 1 amide bonds. The third-order valence-electron chi connectivity index (χ3n) is 10.4. The molecule has 1 unspecified atom stereocenters. The minimum Gasteiger partial charge on any atom is -0.489 e. The molecule has 4 nitrogen and oxygen atoms in total. The molecule has 1 saturated carbocycles. The van der Waals surface area contributed by atoms with Gasteiger partial charge in [0, 0.05) is 22.7 Å². The van der Waals surface area contributed by atoms with E-state index in [4.69, 9.17) is 32.4 Å². The fourth-order valence-corrected chi connectivity index (χ4v) is 13.3. The van der Waals surface area contributed by atoms with Crippen molar-refractivity contribution in [1.29, 1.82) is 0 Å². The van der Waals surface area contributed by atoms with E-state index in [1.165, 1.54) is 10.4 Å². The van der Waals surface area contributed by atoms with Crippen molar-refractivity contribution in [2.75, 3.05) is 6.54 Å². The predicted molar refractivity (Wildman–Crippen MR) is 195 cm³/mol. The molecule has 1 atom stereocenters. The highest BCUT2D eigenvalue weighted by Gasteiger charge is 2.53. The van der Waals surface area contributed by atoms with E-state index in [0.717, 1.165) is 43.2 Å². The first-order valence-corrected chi connectivity index (χ1v) is 19.5. The number of halogens is 2. The Morgan fingerprint density at radius 3 is 1.83 bits per heavy atom. The number of nitrogens with one attached hydrogen (secondary N) is 1. The summed E-state index contributed by atoms with van der Waals surface area (Å²) >= 11 is 13.8. The molecule has 246 valence electrons. The Balaban J connectivity index is 1.21. The van der Waals surface area contributed by atoms with Gasteiger partial charge in [0.2, 0.25) is 5.91 Å². The molecule has 4 aromatic rings. The zero-order valence-corrected chi connectivity index (χ0v) is 30.1.